The van der Waals surface area contributed by atoms with Crippen LogP contribution in [0.5, 0.6) is 0 Å². The van der Waals surface area contributed by atoms with Crippen molar-refractivity contribution in [2.75, 3.05) is 39.3 Å². The third-order valence-corrected chi connectivity index (χ3v) is 3.92. The minimum Gasteiger partial charge on any atom is -0.335 e. The predicted octanol–water partition coefficient (Wildman–Crippen LogP) is 0.595. The number of rotatable bonds is 3. The van der Waals surface area contributed by atoms with Gasteiger partial charge in [0.2, 0.25) is 0 Å². The molecule has 1 aromatic rings. The van der Waals surface area contributed by atoms with Gasteiger partial charge in [0.25, 0.3) is 11.5 Å². The van der Waals surface area contributed by atoms with E-state index in [2.05, 4.69) is 4.98 Å². The van der Waals surface area contributed by atoms with Gasteiger partial charge >= 0.3 is 6.03 Å². The SMILES string of the molecule is CCN(CC)C(=O)N1CCN(C(=O)c2ccc[nH]c2=O)CC1. The maximum absolute atomic E-state index is 12.3. The second-order valence-electron chi connectivity index (χ2n) is 5.15. The number of amides is 3. The van der Waals surface area contributed by atoms with Crippen LogP contribution in [-0.2, 0) is 0 Å². The molecule has 0 aromatic carbocycles. The van der Waals surface area contributed by atoms with E-state index in [9.17, 15) is 14.4 Å². The molecule has 0 radical (unpaired) electrons. The second-order valence-corrected chi connectivity index (χ2v) is 5.15. The molecule has 22 heavy (non-hydrogen) atoms. The lowest BCUT2D eigenvalue weighted by Crippen LogP contribution is -2.54. The quantitative estimate of drug-likeness (QED) is 0.888. The number of nitrogens with zero attached hydrogens (tertiary/aromatic N) is 3. The molecule has 0 aliphatic carbocycles. The molecule has 1 saturated heterocycles. The number of nitrogens with one attached hydrogen (secondary N) is 1. The molecule has 1 aromatic heterocycles. The largest absolute Gasteiger partial charge is 0.335 e. The van der Waals surface area contributed by atoms with Gasteiger partial charge in [-0.2, -0.15) is 0 Å². The van der Waals surface area contributed by atoms with Crippen LogP contribution >= 0.6 is 0 Å². The van der Waals surface area contributed by atoms with Crippen LogP contribution in [0.3, 0.4) is 0 Å². The van der Waals surface area contributed by atoms with Crippen LogP contribution in [0.4, 0.5) is 4.79 Å². The third-order valence-electron chi connectivity index (χ3n) is 3.92. The normalized spacial score (nSPS) is 14.8. The van der Waals surface area contributed by atoms with Gasteiger partial charge in [0.1, 0.15) is 5.56 Å². The van der Waals surface area contributed by atoms with Crippen molar-refractivity contribution in [3.63, 3.8) is 0 Å². The molecular formula is C15H22N4O3. The molecule has 1 aliphatic heterocycles. The van der Waals surface area contributed by atoms with E-state index in [1.54, 1.807) is 20.8 Å². The third kappa shape index (κ3) is 3.29. The lowest BCUT2D eigenvalue weighted by Gasteiger charge is -2.37. The van der Waals surface area contributed by atoms with Crippen LogP contribution in [0.25, 0.3) is 0 Å². The average Bonchev–Trinajstić information content (AvgIpc) is 2.56. The van der Waals surface area contributed by atoms with E-state index >= 15 is 0 Å². The van der Waals surface area contributed by atoms with Crippen LogP contribution in [0.1, 0.15) is 24.2 Å². The summed E-state index contributed by atoms with van der Waals surface area (Å²) in [5.74, 6) is -0.281. The maximum atomic E-state index is 12.3. The van der Waals surface area contributed by atoms with Gasteiger partial charge in [0, 0.05) is 45.5 Å². The number of hydrogen-bond acceptors (Lipinski definition) is 3. The van der Waals surface area contributed by atoms with Gasteiger partial charge in [-0.15, -0.1) is 0 Å². The van der Waals surface area contributed by atoms with E-state index in [1.807, 2.05) is 13.8 Å². The first-order chi connectivity index (χ1) is 10.6. The highest BCUT2D eigenvalue weighted by Crippen LogP contribution is 2.08. The van der Waals surface area contributed by atoms with Crippen molar-refractivity contribution in [2.45, 2.75) is 13.8 Å². The number of pyridine rings is 1. The highest BCUT2D eigenvalue weighted by molar-refractivity contribution is 5.94. The van der Waals surface area contributed by atoms with Crippen molar-refractivity contribution in [1.82, 2.24) is 19.7 Å². The van der Waals surface area contributed by atoms with Crippen molar-refractivity contribution in [3.05, 3.63) is 34.2 Å². The fraction of sp³-hybridized carbons (Fsp3) is 0.533. The molecule has 120 valence electrons. The molecule has 1 aliphatic rings. The van der Waals surface area contributed by atoms with Gasteiger partial charge in [-0.05, 0) is 26.0 Å². The van der Waals surface area contributed by atoms with E-state index < -0.39 is 0 Å². The summed E-state index contributed by atoms with van der Waals surface area (Å²) >= 11 is 0. The maximum Gasteiger partial charge on any atom is 0.320 e. The first-order valence-electron chi connectivity index (χ1n) is 7.59. The van der Waals surface area contributed by atoms with Crippen molar-refractivity contribution >= 4 is 11.9 Å². The molecule has 7 heteroatoms. The van der Waals surface area contributed by atoms with Crippen molar-refractivity contribution in [2.24, 2.45) is 0 Å². The number of piperazine rings is 1. The molecule has 0 unspecified atom stereocenters. The van der Waals surface area contributed by atoms with Gasteiger partial charge in [0.15, 0.2) is 0 Å². The minimum atomic E-state index is -0.380. The first-order valence-corrected chi connectivity index (χ1v) is 7.59. The molecule has 3 amide bonds. The molecule has 0 saturated carbocycles. The van der Waals surface area contributed by atoms with Crippen LogP contribution in [-0.4, -0.2) is 70.9 Å². The van der Waals surface area contributed by atoms with E-state index in [1.165, 1.54) is 12.3 Å². The standard InChI is InChI=1S/C15H22N4O3/c1-3-17(4-2)15(22)19-10-8-18(9-11-19)14(21)12-6-5-7-16-13(12)20/h5-7H,3-4,8-11H2,1-2H3,(H,16,20). The van der Waals surface area contributed by atoms with Gasteiger partial charge < -0.3 is 19.7 Å². The highest BCUT2D eigenvalue weighted by Gasteiger charge is 2.27. The lowest BCUT2D eigenvalue weighted by molar-refractivity contribution is 0.0640. The number of aromatic amines is 1. The smallest absolute Gasteiger partial charge is 0.320 e. The fourth-order valence-electron chi connectivity index (χ4n) is 2.56. The number of carbonyl (C=O) groups is 2. The zero-order valence-electron chi connectivity index (χ0n) is 13.0. The summed E-state index contributed by atoms with van der Waals surface area (Å²) in [6.07, 6.45) is 1.50. The monoisotopic (exact) mass is 306 g/mol. The molecule has 2 rings (SSSR count). The highest BCUT2D eigenvalue weighted by atomic mass is 16.2. The summed E-state index contributed by atoms with van der Waals surface area (Å²) in [6, 6.07) is 3.17. The number of carbonyl (C=O) groups excluding carboxylic acids is 2. The second kappa shape index (κ2) is 7.11. The molecule has 1 N–H and O–H groups in total. The summed E-state index contributed by atoms with van der Waals surface area (Å²) in [7, 11) is 0. The Morgan fingerprint density at radius 1 is 1.14 bits per heavy atom. The van der Waals surface area contributed by atoms with E-state index in [-0.39, 0.29) is 23.1 Å². The summed E-state index contributed by atoms with van der Waals surface area (Å²) < 4.78 is 0. The van der Waals surface area contributed by atoms with Crippen molar-refractivity contribution < 1.29 is 9.59 Å². The van der Waals surface area contributed by atoms with Gasteiger partial charge in [-0.25, -0.2) is 4.79 Å². The van der Waals surface area contributed by atoms with E-state index in [0.717, 1.165) is 0 Å². The molecule has 0 spiro atoms. The Morgan fingerprint density at radius 2 is 1.73 bits per heavy atom. The van der Waals surface area contributed by atoms with Crippen LogP contribution in [0.15, 0.2) is 23.1 Å². The predicted molar refractivity (Wildman–Crippen MR) is 82.9 cm³/mol. The molecule has 7 nitrogen and oxygen atoms in total. The molecular weight excluding hydrogens is 284 g/mol. The van der Waals surface area contributed by atoms with Crippen LogP contribution < -0.4 is 5.56 Å². The van der Waals surface area contributed by atoms with Gasteiger partial charge in [-0.3, -0.25) is 9.59 Å². The van der Waals surface area contributed by atoms with E-state index in [0.29, 0.717) is 39.3 Å². The lowest BCUT2D eigenvalue weighted by atomic mass is 10.2. The fourth-order valence-corrected chi connectivity index (χ4v) is 2.56. The molecule has 1 fully saturated rings. The Labute approximate surface area is 129 Å². The Bertz CT molecular complexity index is 586. The topological polar surface area (TPSA) is 76.7 Å². The number of urea groups is 1. The Balaban J connectivity index is 1.98. The Kier molecular flexibility index (Phi) is 5.19. The summed E-state index contributed by atoms with van der Waals surface area (Å²) in [6.45, 7) is 7.12. The minimum absolute atomic E-state index is 0.00894. The number of hydrogen-bond donors (Lipinski definition) is 1. The van der Waals surface area contributed by atoms with Crippen LogP contribution in [0.2, 0.25) is 0 Å². The average molecular weight is 306 g/mol. The molecule has 0 bridgehead atoms. The van der Waals surface area contributed by atoms with E-state index in [4.69, 9.17) is 0 Å². The Morgan fingerprint density at radius 3 is 2.27 bits per heavy atom. The first kappa shape index (κ1) is 16.1. The Hall–Kier alpha value is -2.31. The summed E-state index contributed by atoms with van der Waals surface area (Å²) in [5, 5.41) is 0. The van der Waals surface area contributed by atoms with Crippen LogP contribution in [0, 0.1) is 0 Å². The molecule has 0 atom stereocenters. The summed E-state index contributed by atoms with van der Waals surface area (Å²) in [5.41, 5.74) is -0.236. The van der Waals surface area contributed by atoms with Crippen molar-refractivity contribution in [3.8, 4) is 0 Å². The van der Waals surface area contributed by atoms with Crippen molar-refractivity contribution in [1.29, 1.82) is 0 Å². The van der Waals surface area contributed by atoms with Gasteiger partial charge in [-0.1, -0.05) is 0 Å². The zero-order valence-corrected chi connectivity index (χ0v) is 13.0. The molecule has 2 heterocycles. The zero-order chi connectivity index (χ0) is 16.1. The van der Waals surface area contributed by atoms with Gasteiger partial charge in [0.05, 0.1) is 0 Å². The number of H-pyrrole nitrogens is 1. The number of aromatic nitrogens is 1. The summed E-state index contributed by atoms with van der Waals surface area (Å²) in [4.78, 5) is 43.9.